The van der Waals surface area contributed by atoms with Gasteiger partial charge >= 0.3 is 0 Å². The zero-order valence-electron chi connectivity index (χ0n) is 9.73. The third-order valence-electron chi connectivity index (χ3n) is 2.73. The van der Waals surface area contributed by atoms with E-state index < -0.39 is 0 Å². The van der Waals surface area contributed by atoms with Crippen molar-refractivity contribution in [1.82, 2.24) is 10.2 Å². The second kappa shape index (κ2) is 4.25. The molecule has 0 radical (unpaired) electrons. The average molecular weight is 222 g/mol. The number of nitrogens with two attached hydrogens (primary N) is 1. The highest BCUT2D eigenvalue weighted by Crippen LogP contribution is 2.25. The second-order valence-electron chi connectivity index (χ2n) is 4.79. The molecule has 16 heavy (non-hydrogen) atoms. The van der Waals surface area contributed by atoms with Crippen LogP contribution in [0.3, 0.4) is 0 Å². The molecule has 1 atom stereocenters. The Balaban J connectivity index is 1.97. The van der Waals surface area contributed by atoms with Gasteiger partial charge in [-0.15, -0.1) is 10.2 Å². The maximum Gasteiger partial charge on any atom is 0.149 e. The number of hydrogen-bond donors (Lipinski definition) is 2. The van der Waals surface area contributed by atoms with Gasteiger partial charge in [-0.05, 0) is 38.8 Å². The zero-order valence-corrected chi connectivity index (χ0v) is 9.73. The summed E-state index contributed by atoms with van der Waals surface area (Å²) in [5.74, 6) is 1.22. The van der Waals surface area contributed by atoms with Gasteiger partial charge in [-0.3, -0.25) is 0 Å². The molecule has 88 valence electrons. The van der Waals surface area contributed by atoms with E-state index in [2.05, 4.69) is 29.4 Å². The Labute approximate surface area is 95.4 Å². The maximum atomic E-state index is 5.66. The van der Waals surface area contributed by atoms with Gasteiger partial charge in [0.25, 0.3) is 0 Å². The Hall–Kier alpha value is -1.36. The van der Waals surface area contributed by atoms with Crippen LogP contribution in [0.4, 0.5) is 11.6 Å². The van der Waals surface area contributed by atoms with Crippen LogP contribution in [0.1, 0.15) is 26.7 Å². The van der Waals surface area contributed by atoms with E-state index in [1.165, 1.54) is 0 Å². The Morgan fingerprint density at radius 2 is 2.25 bits per heavy atom. The van der Waals surface area contributed by atoms with Crippen LogP contribution < -0.4 is 11.1 Å². The van der Waals surface area contributed by atoms with Gasteiger partial charge in [0.05, 0.1) is 5.60 Å². The van der Waals surface area contributed by atoms with Crippen molar-refractivity contribution in [2.45, 2.75) is 38.3 Å². The van der Waals surface area contributed by atoms with Crippen LogP contribution in [0.25, 0.3) is 0 Å². The number of ether oxygens (including phenoxy) is 1. The Kier molecular flexibility index (Phi) is 2.96. The molecule has 5 heteroatoms. The van der Waals surface area contributed by atoms with Crippen LogP contribution in [0, 0.1) is 0 Å². The summed E-state index contributed by atoms with van der Waals surface area (Å²) < 4.78 is 5.66. The number of nitrogens with zero attached hydrogens (tertiary/aromatic N) is 2. The van der Waals surface area contributed by atoms with Crippen LogP contribution in [-0.4, -0.2) is 28.4 Å². The van der Waals surface area contributed by atoms with Gasteiger partial charge in [0, 0.05) is 12.6 Å². The molecule has 1 aliphatic rings. The predicted molar refractivity (Wildman–Crippen MR) is 63.1 cm³/mol. The van der Waals surface area contributed by atoms with Crippen LogP contribution in [0.5, 0.6) is 0 Å². The largest absolute Gasteiger partial charge is 0.382 e. The molecule has 0 amide bonds. The number of anilines is 2. The minimum absolute atomic E-state index is 0.0584. The van der Waals surface area contributed by atoms with Gasteiger partial charge in [0.15, 0.2) is 0 Å². The van der Waals surface area contributed by atoms with E-state index in [-0.39, 0.29) is 5.60 Å². The normalized spacial score (nSPS) is 24.0. The lowest BCUT2D eigenvalue weighted by Gasteiger charge is -2.35. The summed E-state index contributed by atoms with van der Waals surface area (Å²) in [7, 11) is 0. The lowest BCUT2D eigenvalue weighted by Crippen LogP contribution is -2.40. The minimum Gasteiger partial charge on any atom is -0.382 e. The van der Waals surface area contributed by atoms with E-state index in [0.29, 0.717) is 11.9 Å². The van der Waals surface area contributed by atoms with E-state index in [0.717, 1.165) is 25.3 Å². The SMILES string of the molecule is CC1(C)CC(Nc2ccc(N)nn2)CCO1. The zero-order chi connectivity index (χ0) is 11.6. The van der Waals surface area contributed by atoms with Crippen molar-refractivity contribution < 1.29 is 4.74 Å². The fourth-order valence-corrected chi connectivity index (χ4v) is 1.98. The minimum atomic E-state index is -0.0584. The monoisotopic (exact) mass is 222 g/mol. The Bertz CT molecular complexity index is 350. The molecule has 0 bridgehead atoms. The molecule has 1 fully saturated rings. The smallest absolute Gasteiger partial charge is 0.149 e. The summed E-state index contributed by atoms with van der Waals surface area (Å²) in [6.45, 7) is 5.00. The highest BCUT2D eigenvalue weighted by Gasteiger charge is 2.28. The summed E-state index contributed by atoms with van der Waals surface area (Å²) >= 11 is 0. The van der Waals surface area contributed by atoms with E-state index in [9.17, 15) is 0 Å². The number of rotatable bonds is 2. The quantitative estimate of drug-likeness (QED) is 0.792. The van der Waals surface area contributed by atoms with Crippen molar-refractivity contribution in [3.63, 3.8) is 0 Å². The highest BCUT2D eigenvalue weighted by atomic mass is 16.5. The third-order valence-corrected chi connectivity index (χ3v) is 2.73. The summed E-state index contributed by atoms with van der Waals surface area (Å²) in [5.41, 5.74) is 5.42. The van der Waals surface area contributed by atoms with Crippen molar-refractivity contribution in [3.8, 4) is 0 Å². The van der Waals surface area contributed by atoms with E-state index in [1.807, 2.05) is 6.07 Å². The fourth-order valence-electron chi connectivity index (χ4n) is 1.98. The molecule has 1 aromatic heterocycles. The molecular weight excluding hydrogens is 204 g/mol. The van der Waals surface area contributed by atoms with Crippen molar-refractivity contribution >= 4 is 11.6 Å². The predicted octanol–water partition coefficient (Wildman–Crippen LogP) is 1.43. The number of nitrogens with one attached hydrogen (secondary N) is 1. The van der Waals surface area contributed by atoms with Crippen molar-refractivity contribution in [1.29, 1.82) is 0 Å². The van der Waals surface area contributed by atoms with Gasteiger partial charge in [0.2, 0.25) is 0 Å². The molecule has 0 saturated carbocycles. The van der Waals surface area contributed by atoms with Crippen molar-refractivity contribution in [2.24, 2.45) is 0 Å². The standard InChI is InChI=1S/C11H18N4O/c1-11(2)7-8(5-6-16-11)13-10-4-3-9(12)14-15-10/h3-4,8H,5-7H2,1-2H3,(H2,12,14)(H,13,15). The first-order valence-corrected chi connectivity index (χ1v) is 5.55. The van der Waals surface area contributed by atoms with Gasteiger partial charge < -0.3 is 15.8 Å². The summed E-state index contributed by atoms with van der Waals surface area (Å²) in [6.07, 6.45) is 1.97. The van der Waals surface area contributed by atoms with Gasteiger partial charge in [-0.25, -0.2) is 0 Å². The molecule has 3 N–H and O–H groups in total. The molecule has 1 saturated heterocycles. The topological polar surface area (TPSA) is 73.1 Å². The molecule has 1 aromatic rings. The molecule has 5 nitrogen and oxygen atoms in total. The third kappa shape index (κ3) is 2.82. The lowest BCUT2D eigenvalue weighted by atomic mass is 9.94. The van der Waals surface area contributed by atoms with Gasteiger partial charge in [-0.2, -0.15) is 0 Å². The van der Waals surface area contributed by atoms with Gasteiger partial charge in [-0.1, -0.05) is 0 Å². The maximum absolute atomic E-state index is 5.66. The van der Waals surface area contributed by atoms with E-state index >= 15 is 0 Å². The highest BCUT2D eigenvalue weighted by molar-refractivity contribution is 5.39. The summed E-state index contributed by atoms with van der Waals surface area (Å²) in [6, 6.07) is 3.99. The molecule has 0 spiro atoms. The first-order valence-electron chi connectivity index (χ1n) is 5.55. The van der Waals surface area contributed by atoms with Crippen LogP contribution >= 0.6 is 0 Å². The van der Waals surface area contributed by atoms with Gasteiger partial charge in [0.1, 0.15) is 11.6 Å². The Morgan fingerprint density at radius 1 is 1.44 bits per heavy atom. The molecule has 1 aliphatic heterocycles. The summed E-state index contributed by atoms with van der Waals surface area (Å²) in [4.78, 5) is 0. The molecule has 2 rings (SSSR count). The first-order chi connectivity index (χ1) is 7.55. The fraction of sp³-hybridized carbons (Fsp3) is 0.636. The number of hydrogen-bond acceptors (Lipinski definition) is 5. The average Bonchev–Trinajstić information content (AvgIpc) is 2.20. The molecule has 0 aliphatic carbocycles. The molecular formula is C11H18N4O. The first kappa shape index (κ1) is 11.1. The molecule has 1 unspecified atom stereocenters. The molecule has 0 aromatic carbocycles. The van der Waals surface area contributed by atoms with Crippen molar-refractivity contribution in [3.05, 3.63) is 12.1 Å². The summed E-state index contributed by atoms with van der Waals surface area (Å²) in [5, 5.41) is 11.2. The van der Waals surface area contributed by atoms with Crippen molar-refractivity contribution in [2.75, 3.05) is 17.7 Å². The number of nitrogen functional groups attached to an aromatic ring is 1. The van der Waals surface area contributed by atoms with Crippen LogP contribution in [-0.2, 0) is 4.74 Å². The van der Waals surface area contributed by atoms with E-state index in [1.54, 1.807) is 6.07 Å². The lowest BCUT2D eigenvalue weighted by molar-refractivity contribution is -0.0553. The van der Waals surface area contributed by atoms with Crippen LogP contribution in [0.15, 0.2) is 12.1 Å². The van der Waals surface area contributed by atoms with E-state index in [4.69, 9.17) is 10.5 Å². The second-order valence-corrected chi connectivity index (χ2v) is 4.79. The number of aromatic nitrogens is 2. The molecule has 2 heterocycles. The Morgan fingerprint density at radius 3 is 2.88 bits per heavy atom. The van der Waals surface area contributed by atoms with Crippen LogP contribution in [0.2, 0.25) is 0 Å².